The van der Waals surface area contributed by atoms with Crippen LogP contribution in [0.4, 0.5) is 8.78 Å². The van der Waals surface area contributed by atoms with Crippen LogP contribution in [0.15, 0.2) is 70.6 Å². The van der Waals surface area contributed by atoms with E-state index >= 15 is 0 Å². The van der Waals surface area contributed by atoms with Crippen LogP contribution in [0, 0.1) is 11.8 Å². The van der Waals surface area contributed by atoms with Gasteiger partial charge in [0.25, 0.3) is 0 Å². The van der Waals surface area contributed by atoms with E-state index in [-0.39, 0.29) is 5.56 Å². The molecule has 0 aliphatic heterocycles. The second-order valence-corrected chi connectivity index (χ2v) is 5.84. The van der Waals surface area contributed by atoms with E-state index in [2.05, 4.69) is 11.8 Å². The van der Waals surface area contributed by atoms with Gasteiger partial charge in [-0.05, 0) is 51.6 Å². The minimum Gasteiger partial charge on any atom is -0.203 e. The highest BCUT2D eigenvalue weighted by Crippen LogP contribution is 2.32. The van der Waals surface area contributed by atoms with E-state index in [0.29, 0.717) is 5.39 Å². The van der Waals surface area contributed by atoms with Crippen LogP contribution < -0.4 is 0 Å². The van der Waals surface area contributed by atoms with Crippen LogP contribution in [0.3, 0.4) is 0 Å². The summed E-state index contributed by atoms with van der Waals surface area (Å²) in [5, 5.41) is 1.46. The Morgan fingerprint density at radius 2 is 1.39 bits per heavy atom. The maximum atomic E-state index is 14.0. The van der Waals surface area contributed by atoms with Crippen molar-refractivity contribution in [3.63, 3.8) is 0 Å². The summed E-state index contributed by atoms with van der Waals surface area (Å²) in [4.78, 5) is 0. The lowest BCUT2D eigenvalue weighted by molar-refractivity contribution is 0.664. The number of hydrogen-bond acceptors (Lipinski definition) is 0. The van der Waals surface area contributed by atoms with Gasteiger partial charge in [0, 0.05) is 16.7 Å². The average Bonchev–Trinajstić information content (AvgIpc) is 2.60. The maximum absolute atomic E-state index is 14.0. The molecule has 0 saturated heterocycles. The quantitative estimate of drug-likeness (QED) is 0.326. The smallest absolute Gasteiger partial charge is 0.196 e. The van der Waals surface area contributed by atoms with Crippen molar-refractivity contribution < 1.29 is 8.78 Å². The monoisotopic (exact) mass is 416 g/mol. The standard InChI is InChI=1S/C20H11F2I/c21-19(20(22)23)18-13-12-15(16-8-4-5-9-17(16)18)11-10-14-6-2-1-3-7-14/h1-9,12-13H/b20-19-. The van der Waals surface area contributed by atoms with Gasteiger partial charge >= 0.3 is 0 Å². The van der Waals surface area contributed by atoms with Crippen molar-refractivity contribution >= 4 is 39.2 Å². The molecule has 3 aromatic rings. The fraction of sp³-hybridized carbons (Fsp3) is 0. The zero-order valence-electron chi connectivity index (χ0n) is 12.0. The SMILES string of the molecule is F/C(I)=C(/F)c1ccc(C#Cc2ccccc2)c2ccccc12. The molecule has 3 aromatic carbocycles. The minimum atomic E-state index is -0.851. The van der Waals surface area contributed by atoms with Gasteiger partial charge in [-0.3, -0.25) is 0 Å². The molecule has 0 N–H and O–H groups in total. The molecule has 0 heterocycles. The Morgan fingerprint density at radius 1 is 0.739 bits per heavy atom. The van der Waals surface area contributed by atoms with Crippen molar-refractivity contribution in [2.75, 3.05) is 0 Å². The van der Waals surface area contributed by atoms with Crippen LogP contribution in [0.25, 0.3) is 16.6 Å². The Bertz CT molecular complexity index is 944. The zero-order valence-corrected chi connectivity index (χ0v) is 14.1. The van der Waals surface area contributed by atoms with Crippen LogP contribution in [0.5, 0.6) is 0 Å². The van der Waals surface area contributed by atoms with E-state index < -0.39 is 9.66 Å². The largest absolute Gasteiger partial charge is 0.203 e. The fourth-order valence-corrected chi connectivity index (χ4v) is 2.65. The van der Waals surface area contributed by atoms with Gasteiger partial charge in [0.2, 0.25) is 0 Å². The molecule has 0 spiro atoms. The molecule has 0 amide bonds. The Kier molecular flexibility index (Phi) is 4.73. The van der Waals surface area contributed by atoms with Crippen LogP contribution in [-0.4, -0.2) is 0 Å². The van der Waals surface area contributed by atoms with Crippen molar-refractivity contribution in [2.45, 2.75) is 0 Å². The van der Waals surface area contributed by atoms with Gasteiger partial charge in [-0.1, -0.05) is 60.4 Å². The van der Waals surface area contributed by atoms with Crippen LogP contribution in [0.1, 0.15) is 16.7 Å². The molecule has 0 aliphatic rings. The van der Waals surface area contributed by atoms with Crippen molar-refractivity contribution in [1.82, 2.24) is 0 Å². The van der Waals surface area contributed by atoms with E-state index in [1.165, 1.54) is 22.6 Å². The number of rotatable bonds is 1. The second kappa shape index (κ2) is 6.93. The van der Waals surface area contributed by atoms with Crippen LogP contribution in [-0.2, 0) is 0 Å². The Hall–Kier alpha value is -2.19. The zero-order chi connectivity index (χ0) is 16.2. The average molecular weight is 416 g/mol. The molecule has 0 saturated carbocycles. The highest BCUT2D eigenvalue weighted by atomic mass is 127. The number of halogens is 3. The second-order valence-electron chi connectivity index (χ2n) is 4.90. The van der Waals surface area contributed by atoms with Gasteiger partial charge in [0.15, 0.2) is 9.66 Å². The summed E-state index contributed by atoms with van der Waals surface area (Å²) in [6.07, 6.45) is 0. The summed E-state index contributed by atoms with van der Waals surface area (Å²) in [5.74, 6) is 5.37. The lowest BCUT2D eigenvalue weighted by atomic mass is 9.99. The summed E-state index contributed by atoms with van der Waals surface area (Å²) in [7, 11) is 0. The van der Waals surface area contributed by atoms with E-state index in [4.69, 9.17) is 0 Å². The molecular weight excluding hydrogens is 405 g/mol. The lowest BCUT2D eigenvalue weighted by Crippen LogP contribution is -1.87. The lowest BCUT2D eigenvalue weighted by Gasteiger charge is -2.06. The van der Waals surface area contributed by atoms with Gasteiger partial charge in [-0.15, -0.1) is 0 Å². The molecule has 0 aliphatic carbocycles. The number of hydrogen-bond donors (Lipinski definition) is 0. The number of fused-ring (bicyclic) bond motifs is 1. The van der Waals surface area contributed by atoms with Crippen LogP contribution in [0.2, 0.25) is 0 Å². The van der Waals surface area contributed by atoms with E-state index in [1.807, 2.05) is 42.5 Å². The minimum absolute atomic E-state index is 0.248. The summed E-state index contributed by atoms with van der Waals surface area (Å²) < 4.78 is 26.4. The van der Waals surface area contributed by atoms with Crippen molar-refractivity contribution in [3.8, 4) is 11.8 Å². The first-order valence-electron chi connectivity index (χ1n) is 6.97. The molecule has 0 fully saturated rings. The van der Waals surface area contributed by atoms with Gasteiger partial charge < -0.3 is 0 Å². The summed E-state index contributed by atoms with van der Waals surface area (Å²) in [6, 6.07) is 20.3. The van der Waals surface area contributed by atoms with Gasteiger partial charge in [0.1, 0.15) is 0 Å². The molecular formula is C20H11F2I. The van der Waals surface area contributed by atoms with Crippen molar-refractivity contribution in [2.24, 2.45) is 0 Å². The molecule has 0 atom stereocenters. The van der Waals surface area contributed by atoms with E-state index in [9.17, 15) is 8.78 Å². The maximum Gasteiger partial charge on any atom is 0.196 e. The molecule has 0 nitrogen and oxygen atoms in total. The normalized spacial score (nSPS) is 11.6. The third-order valence-corrected chi connectivity index (χ3v) is 3.92. The van der Waals surface area contributed by atoms with E-state index in [0.717, 1.165) is 16.5 Å². The molecule has 0 radical (unpaired) electrons. The molecule has 3 heteroatoms. The highest BCUT2D eigenvalue weighted by Gasteiger charge is 2.11. The molecule has 23 heavy (non-hydrogen) atoms. The fourth-order valence-electron chi connectivity index (χ4n) is 2.36. The third kappa shape index (κ3) is 3.43. The van der Waals surface area contributed by atoms with Gasteiger partial charge in [0.05, 0.1) is 0 Å². The first-order valence-corrected chi connectivity index (χ1v) is 8.04. The molecule has 3 rings (SSSR count). The topological polar surface area (TPSA) is 0 Å². The van der Waals surface area contributed by atoms with Gasteiger partial charge in [-0.25, -0.2) is 4.39 Å². The predicted octanol–water partition coefficient (Wildman–Crippen LogP) is 6.24. The van der Waals surface area contributed by atoms with Crippen LogP contribution >= 0.6 is 22.6 Å². The molecule has 112 valence electrons. The summed E-state index contributed by atoms with van der Waals surface area (Å²) in [5.41, 5.74) is 1.94. The predicted molar refractivity (Wildman–Crippen MR) is 99.5 cm³/mol. The number of benzene rings is 3. The Labute approximate surface area is 147 Å². The first kappa shape index (κ1) is 15.7. The Morgan fingerprint density at radius 3 is 2.09 bits per heavy atom. The first-order chi connectivity index (χ1) is 11.2. The third-order valence-electron chi connectivity index (χ3n) is 3.44. The molecule has 0 bridgehead atoms. The molecule has 0 unspecified atom stereocenters. The van der Waals surface area contributed by atoms with Crippen molar-refractivity contribution in [3.05, 3.63) is 87.3 Å². The Balaban J connectivity index is 2.17. The molecule has 0 aromatic heterocycles. The van der Waals surface area contributed by atoms with Crippen molar-refractivity contribution in [1.29, 1.82) is 0 Å². The highest BCUT2D eigenvalue weighted by molar-refractivity contribution is 14.1. The van der Waals surface area contributed by atoms with E-state index in [1.54, 1.807) is 24.3 Å². The summed E-state index contributed by atoms with van der Waals surface area (Å²) >= 11 is 1.35. The summed E-state index contributed by atoms with van der Waals surface area (Å²) in [6.45, 7) is 0. The van der Waals surface area contributed by atoms with Gasteiger partial charge in [-0.2, -0.15) is 4.39 Å².